The van der Waals surface area contributed by atoms with E-state index in [0.717, 1.165) is 17.1 Å². The van der Waals surface area contributed by atoms with Gasteiger partial charge in [0, 0.05) is 6.20 Å². The summed E-state index contributed by atoms with van der Waals surface area (Å²) in [6, 6.07) is 13.0. The lowest BCUT2D eigenvalue weighted by molar-refractivity contribution is 1.03. The number of thiocarbonyl (C=S) groups is 1. The predicted molar refractivity (Wildman–Crippen MR) is 86.7 cm³/mol. The maximum Gasteiger partial charge on any atom is 0.191 e. The highest BCUT2D eigenvalue weighted by Crippen LogP contribution is 2.16. The summed E-state index contributed by atoms with van der Waals surface area (Å²) < 4.78 is 0. The number of hydrogen-bond donors (Lipinski definition) is 3. The van der Waals surface area contributed by atoms with Crippen LogP contribution in [0.3, 0.4) is 0 Å². The number of para-hydroxylation sites is 2. The Kier molecular flexibility index (Phi) is 4.62. The van der Waals surface area contributed by atoms with Crippen LogP contribution in [-0.4, -0.2) is 15.8 Å². The number of nitrogens with one attached hydrogen (secondary N) is 2. The van der Waals surface area contributed by atoms with E-state index in [4.69, 9.17) is 18.0 Å². The summed E-state index contributed by atoms with van der Waals surface area (Å²) in [5, 5.41) is 7.54. The van der Waals surface area contributed by atoms with Crippen molar-refractivity contribution in [2.75, 3.05) is 11.1 Å². The van der Waals surface area contributed by atoms with E-state index in [9.17, 15) is 0 Å². The number of nitrogens with two attached hydrogens (primary N) is 1. The summed E-state index contributed by atoms with van der Waals surface area (Å²) >= 11 is 5.16. The Hall–Kier alpha value is -2.47. The first-order chi connectivity index (χ1) is 9.66. The molecule has 4 N–H and O–H groups in total. The normalized spacial score (nSPS) is 10.9. The van der Waals surface area contributed by atoms with Gasteiger partial charge in [-0.25, -0.2) is 0 Å². The number of aromatic nitrogens is 1. The van der Waals surface area contributed by atoms with Crippen molar-refractivity contribution in [2.45, 2.75) is 6.92 Å². The third-order valence-corrected chi connectivity index (χ3v) is 2.76. The number of hydrogen-bond acceptors (Lipinski definition) is 4. The van der Waals surface area contributed by atoms with Gasteiger partial charge in [-0.3, -0.25) is 10.4 Å². The van der Waals surface area contributed by atoms with Gasteiger partial charge in [-0.05, 0) is 43.4 Å². The van der Waals surface area contributed by atoms with E-state index in [-0.39, 0.29) is 0 Å². The van der Waals surface area contributed by atoms with E-state index >= 15 is 0 Å². The fraction of sp³-hybridized carbons (Fsp3) is 0.0714. The predicted octanol–water partition coefficient (Wildman–Crippen LogP) is 2.37. The minimum Gasteiger partial charge on any atom is -0.397 e. The molecule has 102 valence electrons. The molecule has 20 heavy (non-hydrogen) atoms. The van der Waals surface area contributed by atoms with Gasteiger partial charge in [0.15, 0.2) is 5.11 Å². The van der Waals surface area contributed by atoms with Crippen LogP contribution in [0.2, 0.25) is 0 Å². The number of rotatable bonds is 3. The minimum atomic E-state index is 0.373. The van der Waals surface area contributed by atoms with Crippen LogP contribution in [0.1, 0.15) is 12.6 Å². The molecule has 0 spiro atoms. The monoisotopic (exact) mass is 285 g/mol. The summed E-state index contributed by atoms with van der Waals surface area (Å²) in [6.45, 7) is 1.86. The van der Waals surface area contributed by atoms with Crippen LogP contribution in [-0.2, 0) is 0 Å². The quantitative estimate of drug-likeness (QED) is 0.349. The molecule has 0 unspecified atom stereocenters. The van der Waals surface area contributed by atoms with Gasteiger partial charge in [-0.2, -0.15) is 5.10 Å². The zero-order chi connectivity index (χ0) is 14.4. The average Bonchev–Trinajstić information content (AvgIpc) is 2.48. The number of hydrazone groups is 1. The van der Waals surface area contributed by atoms with Crippen LogP contribution in [0, 0.1) is 0 Å². The SMILES string of the molecule is CC(=NNC(=S)Nc1ccccc1N)c1ccccn1. The third kappa shape index (κ3) is 3.76. The van der Waals surface area contributed by atoms with Gasteiger partial charge in [-0.15, -0.1) is 0 Å². The Labute approximate surface area is 122 Å². The van der Waals surface area contributed by atoms with Crippen LogP contribution < -0.4 is 16.5 Å². The summed E-state index contributed by atoms with van der Waals surface area (Å²) in [5.74, 6) is 0. The molecule has 6 heteroatoms. The zero-order valence-electron chi connectivity index (χ0n) is 11.0. The Balaban J connectivity index is 1.97. The lowest BCUT2D eigenvalue weighted by Gasteiger charge is -2.09. The van der Waals surface area contributed by atoms with E-state index in [1.807, 2.05) is 43.3 Å². The van der Waals surface area contributed by atoms with Crippen molar-refractivity contribution in [3.05, 3.63) is 54.4 Å². The summed E-state index contributed by atoms with van der Waals surface area (Å²) in [4.78, 5) is 4.20. The van der Waals surface area contributed by atoms with Crippen molar-refractivity contribution in [3.63, 3.8) is 0 Å². The van der Waals surface area contributed by atoms with Crippen LogP contribution in [0.25, 0.3) is 0 Å². The second kappa shape index (κ2) is 6.63. The molecule has 2 rings (SSSR count). The summed E-state index contributed by atoms with van der Waals surface area (Å²) in [7, 11) is 0. The molecule has 0 atom stereocenters. The maximum absolute atomic E-state index is 5.82. The van der Waals surface area contributed by atoms with Gasteiger partial charge in [0.2, 0.25) is 0 Å². The zero-order valence-corrected chi connectivity index (χ0v) is 11.8. The molecule has 0 bridgehead atoms. The fourth-order valence-electron chi connectivity index (χ4n) is 1.53. The lowest BCUT2D eigenvalue weighted by Crippen LogP contribution is -2.25. The van der Waals surface area contributed by atoms with E-state index in [1.165, 1.54) is 0 Å². The molecule has 1 heterocycles. The molecule has 0 aliphatic heterocycles. The number of anilines is 2. The standard InChI is InChI=1S/C14H15N5S/c1-10(12-7-4-5-9-16-12)18-19-14(20)17-13-8-3-2-6-11(13)15/h2-9H,15H2,1H3,(H2,17,19,20). The average molecular weight is 285 g/mol. The van der Waals surface area contributed by atoms with Crippen LogP contribution >= 0.6 is 12.2 Å². The van der Waals surface area contributed by atoms with Gasteiger partial charge in [0.1, 0.15) is 0 Å². The van der Waals surface area contributed by atoms with Crippen LogP contribution in [0.15, 0.2) is 53.8 Å². The first kappa shape index (κ1) is 14.0. The van der Waals surface area contributed by atoms with Crippen molar-refractivity contribution in [2.24, 2.45) is 5.10 Å². The number of nitrogens with zero attached hydrogens (tertiary/aromatic N) is 2. The van der Waals surface area contributed by atoms with Gasteiger partial charge in [0.25, 0.3) is 0 Å². The Morgan fingerprint density at radius 1 is 1.20 bits per heavy atom. The third-order valence-electron chi connectivity index (χ3n) is 2.57. The molecule has 0 radical (unpaired) electrons. The molecular formula is C14H15N5S. The smallest absolute Gasteiger partial charge is 0.191 e. The van der Waals surface area contributed by atoms with Gasteiger partial charge in [0.05, 0.1) is 22.8 Å². The maximum atomic E-state index is 5.82. The van der Waals surface area contributed by atoms with Gasteiger partial charge < -0.3 is 11.1 Å². The molecule has 0 aliphatic rings. The van der Waals surface area contributed by atoms with Gasteiger partial charge in [-0.1, -0.05) is 18.2 Å². The molecule has 5 nitrogen and oxygen atoms in total. The Morgan fingerprint density at radius 3 is 2.65 bits per heavy atom. The molecule has 1 aromatic heterocycles. The van der Waals surface area contributed by atoms with Crippen LogP contribution in [0.4, 0.5) is 11.4 Å². The number of benzene rings is 1. The van der Waals surface area contributed by atoms with Gasteiger partial charge >= 0.3 is 0 Å². The molecule has 0 saturated heterocycles. The summed E-state index contributed by atoms with van der Waals surface area (Å²) in [5.41, 5.74) is 11.5. The molecule has 0 amide bonds. The first-order valence-electron chi connectivity index (χ1n) is 6.04. The summed E-state index contributed by atoms with van der Waals surface area (Å²) in [6.07, 6.45) is 1.72. The highest BCUT2D eigenvalue weighted by Gasteiger charge is 2.01. The van der Waals surface area contributed by atoms with Crippen LogP contribution in [0.5, 0.6) is 0 Å². The van der Waals surface area contributed by atoms with E-state index < -0.39 is 0 Å². The van der Waals surface area contributed by atoms with E-state index in [1.54, 1.807) is 12.3 Å². The highest BCUT2D eigenvalue weighted by molar-refractivity contribution is 7.80. The number of nitrogen functional groups attached to an aromatic ring is 1. The fourth-order valence-corrected chi connectivity index (χ4v) is 1.69. The van der Waals surface area contributed by atoms with Crippen molar-refractivity contribution < 1.29 is 0 Å². The number of pyridine rings is 1. The highest BCUT2D eigenvalue weighted by atomic mass is 32.1. The van der Waals surface area contributed by atoms with Crippen molar-refractivity contribution in [1.29, 1.82) is 0 Å². The second-order valence-corrected chi connectivity index (χ2v) is 4.47. The first-order valence-corrected chi connectivity index (χ1v) is 6.45. The van der Waals surface area contributed by atoms with E-state index in [2.05, 4.69) is 20.8 Å². The lowest BCUT2D eigenvalue weighted by atomic mass is 10.3. The van der Waals surface area contributed by atoms with Crippen molar-refractivity contribution >= 4 is 34.4 Å². The Morgan fingerprint density at radius 2 is 1.95 bits per heavy atom. The molecule has 0 fully saturated rings. The molecular weight excluding hydrogens is 270 g/mol. The van der Waals surface area contributed by atoms with E-state index in [0.29, 0.717) is 10.8 Å². The molecule has 0 aliphatic carbocycles. The molecule has 2 aromatic rings. The van der Waals surface area contributed by atoms with Crippen molar-refractivity contribution in [3.8, 4) is 0 Å². The largest absolute Gasteiger partial charge is 0.397 e. The molecule has 0 saturated carbocycles. The minimum absolute atomic E-state index is 0.373. The second-order valence-electron chi connectivity index (χ2n) is 4.07. The topological polar surface area (TPSA) is 75.3 Å². The Bertz CT molecular complexity index is 624. The van der Waals surface area contributed by atoms with Crippen molar-refractivity contribution in [1.82, 2.24) is 10.4 Å². The molecule has 1 aromatic carbocycles.